The van der Waals surface area contributed by atoms with Crippen LogP contribution in [0.4, 0.5) is 10.5 Å². The molecule has 1 heterocycles. The van der Waals surface area contributed by atoms with Crippen molar-refractivity contribution in [1.29, 1.82) is 0 Å². The maximum absolute atomic E-state index is 12.9. The predicted molar refractivity (Wildman–Crippen MR) is 99.5 cm³/mol. The van der Waals surface area contributed by atoms with Gasteiger partial charge in [0.1, 0.15) is 5.57 Å². The van der Waals surface area contributed by atoms with Gasteiger partial charge in [0.15, 0.2) is 11.5 Å². The molecule has 1 fully saturated rings. The van der Waals surface area contributed by atoms with Crippen LogP contribution < -0.4 is 15.0 Å². The van der Waals surface area contributed by atoms with Gasteiger partial charge in [-0.05, 0) is 41.8 Å². The Hall–Kier alpha value is -3.61. The van der Waals surface area contributed by atoms with Crippen LogP contribution in [0, 0.1) is 0 Å². The fraction of sp³-hybridized carbons (Fsp3) is 0.150. The van der Waals surface area contributed by atoms with Crippen molar-refractivity contribution in [2.45, 2.75) is 13.3 Å². The molecule has 0 spiro atoms. The van der Waals surface area contributed by atoms with E-state index in [9.17, 15) is 19.5 Å². The first-order valence-corrected chi connectivity index (χ1v) is 8.32. The van der Waals surface area contributed by atoms with E-state index in [2.05, 4.69) is 5.32 Å². The molecule has 0 atom stereocenters. The number of phenolic OH excluding ortho intramolecular Hbond substituents is 1. The normalized spacial score (nSPS) is 15.9. The molecular formula is C20H18N2O5. The van der Waals surface area contributed by atoms with E-state index in [0.29, 0.717) is 17.7 Å². The first-order chi connectivity index (χ1) is 13.0. The number of nitrogens with zero attached hydrogens (tertiary/aromatic N) is 1. The van der Waals surface area contributed by atoms with Crippen LogP contribution in [0.2, 0.25) is 0 Å². The summed E-state index contributed by atoms with van der Waals surface area (Å²) in [6.07, 6.45) is 1.98. The minimum absolute atomic E-state index is 0.0623. The van der Waals surface area contributed by atoms with E-state index in [1.54, 1.807) is 12.1 Å². The number of para-hydroxylation sites is 1. The molecule has 1 aliphatic heterocycles. The topological polar surface area (TPSA) is 95.9 Å². The number of methoxy groups -OCH3 is 1. The number of hydrogen-bond acceptors (Lipinski definition) is 5. The molecule has 0 aromatic heterocycles. The summed E-state index contributed by atoms with van der Waals surface area (Å²) in [5, 5.41) is 11.9. The fourth-order valence-electron chi connectivity index (χ4n) is 2.85. The molecule has 0 radical (unpaired) electrons. The number of amides is 4. The highest BCUT2D eigenvalue weighted by molar-refractivity contribution is 6.39. The quantitative estimate of drug-likeness (QED) is 0.641. The summed E-state index contributed by atoms with van der Waals surface area (Å²) in [6.45, 7) is 1.91. The van der Waals surface area contributed by atoms with E-state index in [4.69, 9.17) is 4.74 Å². The summed E-state index contributed by atoms with van der Waals surface area (Å²) in [7, 11) is 1.40. The molecule has 27 heavy (non-hydrogen) atoms. The molecule has 7 nitrogen and oxygen atoms in total. The molecule has 0 aliphatic carbocycles. The highest BCUT2D eigenvalue weighted by Crippen LogP contribution is 2.29. The van der Waals surface area contributed by atoms with Gasteiger partial charge in [0.05, 0.1) is 12.8 Å². The van der Waals surface area contributed by atoms with E-state index < -0.39 is 17.8 Å². The zero-order valence-corrected chi connectivity index (χ0v) is 14.9. The molecule has 0 saturated carbocycles. The number of anilines is 1. The number of carbonyl (C=O) groups is 3. The van der Waals surface area contributed by atoms with Gasteiger partial charge >= 0.3 is 6.03 Å². The summed E-state index contributed by atoms with van der Waals surface area (Å²) in [6, 6.07) is 10.7. The largest absolute Gasteiger partial charge is 0.504 e. The highest BCUT2D eigenvalue weighted by Gasteiger charge is 2.37. The molecule has 2 N–H and O–H groups in total. The standard InChI is InChI=1S/C20H18N2O5/c1-3-13-6-4-5-7-15(13)22-19(25)14(18(24)21-20(22)26)10-12-8-9-16(23)17(11-12)27-2/h4-11,23H,3H2,1-2H3,(H,21,24,26). The van der Waals surface area contributed by atoms with Crippen molar-refractivity contribution >= 4 is 29.6 Å². The van der Waals surface area contributed by atoms with Crippen molar-refractivity contribution in [3.63, 3.8) is 0 Å². The van der Waals surface area contributed by atoms with E-state index in [0.717, 1.165) is 10.5 Å². The Kier molecular flexibility index (Phi) is 4.94. The lowest BCUT2D eigenvalue weighted by molar-refractivity contribution is -0.122. The molecule has 4 amide bonds. The molecule has 0 bridgehead atoms. The molecule has 3 rings (SSSR count). The number of aryl methyl sites for hydroxylation is 1. The Morgan fingerprint density at radius 3 is 2.59 bits per heavy atom. The summed E-state index contributed by atoms with van der Waals surface area (Å²) >= 11 is 0. The first-order valence-electron chi connectivity index (χ1n) is 8.32. The number of hydrogen-bond donors (Lipinski definition) is 2. The zero-order valence-electron chi connectivity index (χ0n) is 14.9. The molecule has 7 heteroatoms. The SMILES string of the molecule is CCc1ccccc1N1C(=O)NC(=O)C(=Cc2ccc(O)c(OC)c2)C1=O. The van der Waals surface area contributed by atoms with Crippen molar-refractivity contribution in [2.75, 3.05) is 12.0 Å². The van der Waals surface area contributed by atoms with Gasteiger partial charge in [0.25, 0.3) is 11.8 Å². The van der Waals surface area contributed by atoms with Crippen LogP contribution in [-0.2, 0) is 16.0 Å². The van der Waals surface area contributed by atoms with E-state index >= 15 is 0 Å². The number of imide groups is 2. The molecule has 2 aromatic rings. The van der Waals surface area contributed by atoms with Crippen molar-refractivity contribution < 1.29 is 24.2 Å². The summed E-state index contributed by atoms with van der Waals surface area (Å²) < 4.78 is 5.04. The van der Waals surface area contributed by atoms with Crippen LogP contribution in [0.25, 0.3) is 6.08 Å². The van der Waals surface area contributed by atoms with Gasteiger partial charge in [-0.1, -0.05) is 31.2 Å². The lowest BCUT2D eigenvalue weighted by Crippen LogP contribution is -2.54. The fourth-order valence-corrected chi connectivity index (χ4v) is 2.85. The number of urea groups is 1. The Morgan fingerprint density at radius 1 is 1.15 bits per heavy atom. The number of benzene rings is 2. The molecule has 138 valence electrons. The Balaban J connectivity index is 2.05. The molecule has 0 unspecified atom stereocenters. The number of barbiturate groups is 1. The second kappa shape index (κ2) is 7.33. The second-order valence-corrected chi connectivity index (χ2v) is 5.87. The van der Waals surface area contributed by atoms with Gasteiger partial charge < -0.3 is 9.84 Å². The Bertz CT molecular complexity index is 965. The number of phenols is 1. The lowest BCUT2D eigenvalue weighted by Gasteiger charge is -2.28. The van der Waals surface area contributed by atoms with Crippen molar-refractivity contribution in [3.8, 4) is 11.5 Å². The zero-order chi connectivity index (χ0) is 19.6. The van der Waals surface area contributed by atoms with Crippen LogP contribution in [0.3, 0.4) is 0 Å². The Morgan fingerprint density at radius 2 is 1.89 bits per heavy atom. The molecule has 1 aliphatic rings. The Labute approximate surface area is 155 Å². The summed E-state index contributed by atoms with van der Waals surface area (Å²) in [4.78, 5) is 38.5. The van der Waals surface area contributed by atoms with Crippen LogP contribution in [0.15, 0.2) is 48.0 Å². The van der Waals surface area contributed by atoms with Crippen LogP contribution in [0.1, 0.15) is 18.1 Å². The van der Waals surface area contributed by atoms with Gasteiger partial charge in [-0.15, -0.1) is 0 Å². The number of ether oxygens (including phenoxy) is 1. The van der Waals surface area contributed by atoms with Gasteiger partial charge in [-0.2, -0.15) is 0 Å². The molecule has 1 saturated heterocycles. The first kappa shape index (κ1) is 18.2. The van der Waals surface area contributed by atoms with Gasteiger partial charge in [-0.3, -0.25) is 14.9 Å². The highest BCUT2D eigenvalue weighted by atomic mass is 16.5. The summed E-state index contributed by atoms with van der Waals surface area (Å²) in [5.41, 5.74) is 1.53. The third kappa shape index (κ3) is 3.39. The van der Waals surface area contributed by atoms with Crippen molar-refractivity contribution in [2.24, 2.45) is 0 Å². The van der Waals surface area contributed by atoms with Crippen molar-refractivity contribution in [3.05, 3.63) is 59.2 Å². The molecular weight excluding hydrogens is 348 g/mol. The number of carbonyl (C=O) groups excluding carboxylic acids is 3. The van der Waals surface area contributed by atoms with Gasteiger partial charge in [0, 0.05) is 0 Å². The van der Waals surface area contributed by atoms with Crippen LogP contribution in [0.5, 0.6) is 11.5 Å². The minimum Gasteiger partial charge on any atom is -0.504 e. The number of aromatic hydroxyl groups is 1. The van der Waals surface area contributed by atoms with E-state index in [1.165, 1.54) is 31.4 Å². The summed E-state index contributed by atoms with van der Waals surface area (Å²) in [5.74, 6) is -1.34. The minimum atomic E-state index is -0.786. The van der Waals surface area contributed by atoms with E-state index in [1.807, 2.05) is 19.1 Å². The molecule has 2 aromatic carbocycles. The number of nitrogens with one attached hydrogen (secondary N) is 1. The smallest absolute Gasteiger partial charge is 0.335 e. The average Bonchev–Trinajstić information content (AvgIpc) is 2.66. The number of rotatable bonds is 4. The van der Waals surface area contributed by atoms with Crippen LogP contribution in [-0.4, -0.2) is 30.1 Å². The van der Waals surface area contributed by atoms with E-state index in [-0.39, 0.29) is 17.1 Å². The second-order valence-electron chi connectivity index (χ2n) is 5.87. The van der Waals surface area contributed by atoms with Crippen molar-refractivity contribution in [1.82, 2.24) is 5.32 Å². The van der Waals surface area contributed by atoms with Gasteiger partial charge in [0.2, 0.25) is 0 Å². The monoisotopic (exact) mass is 366 g/mol. The maximum atomic E-state index is 12.9. The predicted octanol–water partition coefficient (Wildman–Crippen LogP) is 2.63. The lowest BCUT2D eigenvalue weighted by atomic mass is 10.0. The average molecular weight is 366 g/mol. The van der Waals surface area contributed by atoms with Crippen LogP contribution >= 0.6 is 0 Å². The third-order valence-electron chi connectivity index (χ3n) is 4.23. The third-order valence-corrected chi connectivity index (χ3v) is 4.23. The van der Waals surface area contributed by atoms with Gasteiger partial charge in [-0.25, -0.2) is 9.69 Å². The maximum Gasteiger partial charge on any atom is 0.335 e.